The smallest absolute Gasteiger partial charge is 0.406 e. The van der Waals surface area contributed by atoms with Crippen LogP contribution in [0.4, 0.5) is 18.0 Å². The van der Waals surface area contributed by atoms with Gasteiger partial charge >= 0.3 is 12.3 Å². The van der Waals surface area contributed by atoms with Crippen LogP contribution in [-0.4, -0.2) is 21.8 Å². The highest BCUT2D eigenvalue weighted by Crippen LogP contribution is 2.38. The van der Waals surface area contributed by atoms with Crippen LogP contribution >= 0.6 is 35.0 Å². The van der Waals surface area contributed by atoms with Crippen molar-refractivity contribution in [1.29, 1.82) is 0 Å². The fourth-order valence-corrected chi connectivity index (χ4v) is 4.19. The van der Waals surface area contributed by atoms with Crippen LogP contribution in [0, 0.1) is 0 Å². The summed E-state index contributed by atoms with van der Waals surface area (Å²) in [4.78, 5) is 15.7. The number of carbonyl (C=O) groups is 1. The van der Waals surface area contributed by atoms with Gasteiger partial charge in [-0.3, -0.25) is 0 Å². The topological polar surface area (TPSA) is 70.1 Å². The van der Waals surface area contributed by atoms with Crippen LogP contribution in [0.25, 0.3) is 0 Å². The largest absolute Gasteiger partial charge is 0.442 e. The van der Waals surface area contributed by atoms with E-state index in [1.165, 1.54) is 6.07 Å². The van der Waals surface area contributed by atoms with Gasteiger partial charge in [-0.2, -0.15) is 13.2 Å². The first-order chi connectivity index (χ1) is 12.5. The number of imidazole rings is 1. The summed E-state index contributed by atoms with van der Waals surface area (Å²) in [6, 6.07) is 4.70. The van der Waals surface area contributed by atoms with Crippen molar-refractivity contribution < 1.29 is 22.7 Å². The van der Waals surface area contributed by atoms with E-state index in [9.17, 15) is 18.0 Å². The molecule has 0 radical (unpaired) electrons. The number of hydrogen-bond acceptors (Lipinski definition) is 4. The number of primary amides is 1. The predicted molar refractivity (Wildman–Crippen MR) is 97.3 cm³/mol. The molecule has 0 spiro atoms. The fraction of sp³-hybridized carbons (Fsp3) is 0.375. The number of ether oxygens (including phenoxy) is 1. The average molecular weight is 442 g/mol. The Hall–Kier alpha value is -1.58. The summed E-state index contributed by atoms with van der Waals surface area (Å²) in [5.41, 5.74) is 5.36. The second-order valence-corrected chi connectivity index (χ2v) is 7.82. The number of hydrogen-bond donors (Lipinski definition) is 1. The minimum Gasteiger partial charge on any atom is -0.442 e. The fourth-order valence-electron chi connectivity index (χ4n) is 2.27. The molecule has 0 fully saturated rings. The van der Waals surface area contributed by atoms with Gasteiger partial charge in [0.25, 0.3) is 0 Å². The van der Waals surface area contributed by atoms with E-state index in [1.54, 1.807) is 26.0 Å². The zero-order valence-corrected chi connectivity index (χ0v) is 16.6. The molecule has 0 atom stereocenters. The Kier molecular flexibility index (Phi) is 6.93. The van der Waals surface area contributed by atoms with E-state index in [0.717, 1.165) is 16.3 Å². The molecular weight excluding hydrogens is 426 g/mol. The van der Waals surface area contributed by atoms with Gasteiger partial charge in [0.2, 0.25) is 0 Å². The molecule has 0 bridgehead atoms. The molecular formula is C16H16Cl2F3N3O2S. The molecule has 0 saturated heterocycles. The van der Waals surface area contributed by atoms with Crippen molar-refractivity contribution in [3.63, 3.8) is 0 Å². The van der Waals surface area contributed by atoms with Gasteiger partial charge in [0.05, 0.1) is 5.69 Å². The van der Waals surface area contributed by atoms with E-state index in [-0.39, 0.29) is 16.8 Å². The highest BCUT2D eigenvalue weighted by molar-refractivity contribution is 7.99. The van der Waals surface area contributed by atoms with Crippen LogP contribution in [0.15, 0.2) is 28.1 Å². The van der Waals surface area contributed by atoms with Crippen molar-refractivity contribution in [2.75, 3.05) is 0 Å². The van der Waals surface area contributed by atoms with Crippen molar-refractivity contribution >= 4 is 41.1 Å². The lowest BCUT2D eigenvalue weighted by atomic mass is 10.1. The van der Waals surface area contributed by atoms with E-state index in [0.29, 0.717) is 20.6 Å². The third kappa shape index (κ3) is 6.22. The first-order valence-electron chi connectivity index (χ1n) is 7.68. The zero-order chi connectivity index (χ0) is 20.4. The molecule has 0 saturated carbocycles. The summed E-state index contributed by atoms with van der Waals surface area (Å²) in [5.74, 6) is -0.227. The van der Waals surface area contributed by atoms with Crippen molar-refractivity contribution in [1.82, 2.24) is 9.55 Å². The number of halogens is 5. The van der Waals surface area contributed by atoms with Crippen LogP contribution < -0.4 is 5.73 Å². The summed E-state index contributed by atoms with van der Waals surface area (Å²) >= 11 is 13.0. The third-order valence-electron chi connectivity index (χ3n) is 3.30. The first-order valence-corrected chi connectivity index (χ1v) is 9.25. The zero-order valence-electron chi connectivity index (χ0n) is 14.3. The van der Waals surface area contributed by atoms with E-state index < -0.39 is 25.4 Å². The van der Waals surface area contributed by atoms with Gasteiger partial charge in [-0.1, -0.05) is 48.8 Å². The lowest BCUT2D eigenvalue weighted by Crippen LogP contribution is -2.22. The minimum atomic E-state index is -4.50. The Labute approximate surface area is 168 Å². The van der Waals surface area contributed by atoms with E-state index in [2.05, 4.69) is 9.72 Å². The molecule has 0 aliphatic carbocycles. The number of nitrogens with zero attached hydrogens (tertiary/aromatic N) is 2. The van der Waals surface area contributed by atoms with Crippen LogP contribution in [-0.2, 0) is 17.9 Å². The summed E-state index contributed by atoms with van der Waals surface area (Å²) in [6.45, 7) is 1.84. The van der Waals surface area contributed by atoms with E-state index in [4.69, 9.17) is 28.9 Å². The van der Waals surface area contributed by atoms with E-state index in [1.807, 2.05) is 0 Å². The lowest BCUT2D eigenvalue weighted by molar-refractivity contribution is -0.142. The Bertz CT molecular complexity index is 821. The molecule has 11 heteroatoms. The Balaban J connectivity index is 2.54. The monoisotopic (exact) mass is 441 g/mol. The van der Waals surface area contributed by atoms with Crippen LogP contribution in [0.1, 0.15) is 31.3 Å². The number of carbonyl (C=O) groups excluding carboxylic acids is 1. The minimum absolute atomic E-state index is 0.0505. The standard InChI is InChI=1S/C16H16Cl2F3N3O2S/c1-8(2)13-14(27-11-4-9(17)3-10(18)5-11)24(7-16(19,20)21)12(23-13)6-26-15(22)25/h3-5,8H,6-7H2,1-2H3,(H2,22,25). The summed E-state index contributed by atoms with van der Waals surface area (Å²) in [5, 5.41) is 0.981. The molecule has 0 aliphatic heterocycles. The van der Waals surface area contributed by atoms with Crippen molar-refractivity contribution in [3.8, 4) is 0 Å². The number of benzene rings is 1. The molecule has 2 aromatic rings. The van der Waals surface area contributed by atoms with Crippen molar-refractivity contribution in [2.24, 2.45) is 5.73 Å². The molecule has 5 nitrogen and oxygen atoms in total. The molecule has 1 aromatic heterocycles. The van der Waals surface area contributed by atoms with Crippen molar-refractivity contribution in [2.45, 2.75) is 49.0 Å². The maximum atomic E-state index is 13.1. The van der Waals surface area contributed by atoms with Gasteiger partial charge in [-0.15, -0.1) is 0 Å². The third-order valence-corrected chi connectivity index (χ3v) is 4.83. The quantitative estimate of drug-likeness (QED) is 0.630. The van der Waals surface area contributed by atoms with Gasteiger partial charge < -0.3 is 15.0 Å². The Morgan fingerprint density at radius 1 is 1.30 bits per heavy atom. The normalized spacial score (nSPS) is 11.9. The number of nitrogens with two attached hydrogens (primary N) is 1. The maximum absolute atomic E-state index is 13.1. The number of alkyl halides is 3. The summed E-state index contributed by atoms with van der Waals surface area (Å²) in [7, 11) is 0. The molecule has 1 amide bonds. The number of rotatable bonds is 6. The molecule has 2 rings (SSSR count). The molecule has 0 aliphatic rings. The Morgan fingerprint density at radius 3 is 2.37 bits per heavy atom. The molecule has 2 N–H and O–H groups in total. The van der Waals surface area contributed by atoms with Gasteiger partial charge in [0, 0.05) is 14.9 Å². The summed E-state index contributed by atoms with van der Waals surface area (Å²) in [6.07, 6.45) is -5.60. The second-order valence-electron chi connectivity index (χ2n) is 5.89. The molecule has 148 valence electrons. The first kappa shape index (κ1) is 21.7. The SMILES string of the molecule is CC(C)c1nc(COC(N)=O)n(CC(F)(F)F)c1Sc1cc(Cl)cc(Cl)c1. The van der Waals surface area contributed by atoms with Gasteiger partial charge in [0.1, 0.15) is 17.4 Å². The molecule has 27 heavy (non-hydrogen) atoms. The Morgan fingerprint density at radius 2 is 1.89 bits per heavy atom. The van der Waals surface area contributed by atoms with Gasteiger partial charge in [-0.25, -0.2) is 9.78 Å². The maximum Gasteiger partial charge on any atom is 0.406 e. The van der Waals surface area contributed by atoms with Crippen molar-refractivity contribution in [3.05, 3.63) is 39.8 Å². The van der Waals surface area contributed by atoms with E-state index >= 15 is 0 Å². The number of aromatic nitrogens is 2. The molecule has 0 unspecified atom stereocenters. The van der Waals surface area contributed by atoms with Crippen LogP contribution in [0.3, 0.4) is 0 Å². The molecule has 1 heterocycles. The second kappa shape index (κ2) is 8.62. The van der Waals surface area contributed by atoms with Gasteiger partial charge in [-0.05, 0) is 24.1 Å². The predicted octanol–water partition coefficient (Wildman–Crippen LogP) is 5.62. The van der Waals surface area contributed by atoms with Crippen LogP contribution in [0.5, 0.6) is 0 Å². The highest BCUT2D eigenvalue weighted by Gasteiger charge is 2.32. The summed E-state index contributed by atoms with van der Waals surface area (Å²) < 4.78 is 45.1. The lowest BCUT2D eigenvalue weighted by Gasteiger charge is -2.15. The van der Waals surface area contributed by atoms with Crippen LogP contribution in [0.2, 0.25) is 10.0 Å². The molecule has 1 aromatic carbocycles. The van der Waals surface area contributed by atoms with Gasteiger partial charge in [0.15, 0.2) is 6.61 Å². The average Bonchev–Trinajstić information content (AvgIpc) is 2.80. The number of amides is 1. The highest BCUT2D eigenvalue weighted by atomic mass is 35.5.